The molecule has 1 unspecified atom stereocenters. The first kappa shape index (κ1) is 15.3. The third-order valence-electron chi connectivity index (χ3n) is 2.61. The van der Waals surface area contributed by atoms with E-state index in [0.717, 1.165) is 17.1 Å². The fourth-order valence-electron chi connectivity index (χ4n) is 1.91. The number of rotatable bonds is 8. The number of benzene rings is 1. The lowest BCUT2D eigenvalue weighted by molar-refractivity contribution is -0.118. The van der Waals surface area contributed by atoms with Crippen LogP contribution in [0.3, 0.4) is 0 Å². The SMILES string of the molecule is C=CCc1cc(OCC)ccc1OC(C)CC(C)=O. The van der Waals surface area contributed by atoms with Gasteiger partial charge in [-0.05, 0) is 45.4 Å². The maximum absolute atomic E-state index is 11.1. The summed E-state index contributed by atoms with van der Waals surface area (Å²) in [7, 11) is 0. The summed E-state index contributed by atoms with van der Waals surface area (Å²) in [6.45, 7) is 9.80. The van der Waals surface area contributed by atoms with Crippen molar-refractivity contribution in [1.29, 1.82) is 0 Å². The molecule has 1 atom stereocenters. The van der Waals surface area contributed by atoms with Gasteiger partial charge in [0.15, 0.2) is 0 Å². The topological polar surface area (TPSA) is 35.5 Å². The number of allylic oxidation sites excluding steroid dienone is 1. The van der Waals surface area contributed by atoms with Gasteiger partial charge in [0.25, 0.3) is 0 Å². The van der Waals surface area contributed by atoms with E-state index >= 15 is 0 Å². The van der Waals surface area contributed by atoms with Gasteiger partial charge in [-0.15, -0.1) is 6.58 Å². The minimum absolute atomic E-state index is 0.126. The zero-order valence-electron chi connectivity index (χ0n) is 11.9. The van der Waals surface area contributed by atoms with Crippen LogP contribution in [0.5, 0.6) is 11.5 Å². The highest BCUT2D eigenvalue weighted by Gasteiger charge is 2.11. The van der Waals surface area contributed by atoms with Gasteiger partial charge in [0.05, 0.1) is 6.61 Å². The Morgan fingerprint density at radius 1 is 1.47 bits per heavy atom. The smallest absolute Gasteiger partial charge is 0.133 e. The minimum atomic E-state index is -0.126. The highest BCUT2D eigenvalue weighted by atomic mass is 16.5. The molecule has 0 amide bonds. The van der Waals surface area contributed by atoms with Crippen LogP contribution in [0.4, 0.5) is 0 Å². The molecule has 0 saturated carbocycles. The first-order chi connectivity index (χ1) is 9.06. The van der Waals surface area contributed by atoms with Crippen molar-refractivity contribution in [1.82, 2.24) is 0 Å². The summed E-state index contributed by atoms with van der Waals surface area (Å²) >= 11 is 0. The van der Waals surface area contributed by atoms with Gasteiger partial charge < -0.3 is 9.47 Å². The zero-order chi connectivity index (χ0) is 14.3. The monoisotopic (exact) mass is 262 g/mol. The molecule has 3 heteroatoms. The lowest BCUT2D eigenvalue weighted by atomic mass is 10.1. The number of hydrogen-bond donors (Lipinski definition) is 0. The highest BCUT2D eigenvalue weighted by Crippen LogP contribution is 2.26. The number of carbonyl (C=O) groups excluding carboxylic acids is 1. The second kappa shape index (κ2) is 7.62. The summed E-state index contributed by atoms with van der Waals surface area (Å²) in [4.78, 5) is 11.1. The average molecular weight is 262 g/mol. The molecule has 0 bridgehead atoms. The Morgan fingerprint density at radius 2 is 2.21 bits per heavy atom. The fraction of sp³-hybridized carbons (Fsp3) is 0.438. The molecule has 0 heterocycles. The Labute approximate surface area is 115 Å². The molecule has 3 nitrogen and oxygen atoms in total. The van der Waals surface area contributed by atoms with Gasteiger partial charge >= 0.3 is 0 Å². The van der Waals surface area contributed by atoms with Gasteiger partial charge in [-0.2, -0.15) is 0 Å². The first-order valence-electron chi connectivity index (χ1n) is 6.59. The summed E-state index contributed by atoms with van der Waals surface area (Å²) in [5, 5.41) is 0. The molecule has 0 N–H and O–H groups in total. The number of ether oxygens (including phenoxy) is 2. The van der Waals surface area contributed by atoms with E-state index in [9.17, 15) is 4.79 Å². The Kier molecular flexibility index (Phi) is 6.13. The van der Waals surface area contributed by atoms with E-state index in [4.69, 9.17) is 9.47 Å². The average Bonchev–Trinajstić information content (AvgIpc) is 2.32. The van der Waals surface area contributed by atoms with E-state index in [1.807, 2.05) is 38.1 Å². The Morgan fingerprint density at radius 3 is 2.79 bits per heavy atom. The first-order valence-corrected chi connectivity index (χ1v) is 6.59. The van der Waals surface area contributed by atoms with Crippen molar-refractivity contribution in [2.24, 2.45) is 0 Å². The van der Waals surface area contributed by atoms with Gasteiger partial charge in [-0.3, -0.25) is 4.79 Å². The van der Waals surface area contributed by atoms with E-state index < -0.39 is 0 Å². The lowest BCUT2D eigenvalue weighted by Gasteiger charge is -2.17. The van der Waals surface area contributed by atoms with Gasteiger partial charge in [0.2, 0.25) is 0 Å². The largest absolute Gasteiger partial charge is 0.494 e. The van der Waals surface area contributed by atoms with Gasteiger partial charge in [0, 0.05) is 12.0 Å². The molecule has 1 aromatic carbocycles. The second-order valence-electron chi connectivity index (χ2n) is 4.53. The van der Waals surface area contributed by atoms with Crippen molar-refractivity contribution >= 4 is 5.78 Å². The van der Waals surface area contributed by atoms with Crippen LogP contribution >= 0.6 is 0 Å². The fourth-order valence-corrected chi connectivity index (χ4v) is 1.91. The Hall–Kier alpha value is -1.77. The van der Waals surface area contributed by atoms with Crippen molar-refractivity contribution < 1.29 is 14.3 Å². The van der Waals surface area contributed by atoms with Crippen molar-refractivity contribution in [3.05, 3.63) is 36.4 Å². The van der Waals surface area contributed by atoms with E-state index in [-0.39, 0.29) is 11.9 Å². The summed E-state index contributed by atoms with van der Waals surface area (Å²) < 4.78 is 11.3. The molecule has 0 saturated heterocycles. The number of ketones is 1. The molecular weight excluding hydrogens is 240 g/mol. The van der Waals surface area contributed by atoms with Crippen LogP contribution in [0.15, 0.2) is 30.9 Å². The van der Waals surface area contributed by atoms with Gasteiger partial charge in [-0.25, -0.2) is 0 Å². The van der Waals surface area contributed by atoms with Crippen LogP contribution in [0.25, 0.3) is 0 Å². The predicted molar refractivity (Wildman–Crippen MR) is 76.9 cm³/mol. The Bertz CT molecular complexity index is 438. The van der Waals surface area contributed by atoms with E-state index in [0.29, 0.717) is 19.4 Å². The third kappa shape index (κ3) is 5.16. The number of Topliss-reactive ketones (excluding diaryl/α,β-unsaturated/α-hetero) is 1. The molecule has 1 rings (SSSR count). The van der Waals surface area contributed by atoms with Gasteiger partial charge in [-0.1, -0.05) is 6.08 Å². The number of hydrogen-bond acceptors (Lipinski definition) is 3. The van der Waals surface area contributed by atoms with Crippen molar-refractivity contribution in [2.45, 2.75) is 39.7 Å². The normalized spacial score (nSPS) is 11.7. The standard InChI is InChI=1S/C16H22O3/c1-5-7-14-11-15(18-6-2)8-9-16(14)19-13(4)10-12(3)17/h5,8-9,11,13H,1,6-7,10H2,2-4H3. The summed E-state index contributed by atoms with van der Waals surface area (Å²) in [6, 6.07) is 5.73. The van der Waals surface area contributed by atoms with Crippen LogP contribution < -0.4 is 9.47 Å². The van der Waals surface area contributed by atoms with Crippen LogP contribution in [0.1, 0.15) is 32.8 Å². The van der Waals surface area contributed by atoms with E-state index in [2.05, 4.69) is 6.58 Å². The maximum Gasteiger partial charge on any atom is 0.133 e. The molecule has 0 spiro atoms. The molecule has 0 radical (unpaired) electrons. The number of carbonyl (C=O) groups is 1. The molecular formula is C16H22O3. The minimum Gasteiger partial charge on any atom is -0.494 e. The van der Waals surface area contributed by atoms with Crippen molar-refractivity contribution in [3.8, 4) is 11.5 Å². The maximum atomic E-state index is 11.1. The summed E-state index contributed by atoms with van der Waals surface area (Å²) in [5.41, 5.74) is 1.02. The van der Waals surface area contributed by atoms with Crippen LogP contribution in [-0.2, 0) is 11.2 Å². The molecule has 0 fully saturated rings. The third-order valence-corrected chi connectivity index (χ3v) is 2.61. The molecule has 0 aliphatic carbocycles. The van der Waals surface area contributed by atoms with Crippen molar-refractivity contribution in [3.63, 3.8) is 0 Å². The molecule has 1 aromatic rings. The molecule has 0 aromatic heterocycles. The second-order valence-corrected chi connectivity index (χ2v) is 4.53. The van der Waals surface area contributed by atoms with Crippen LogP contribution in [-0.4, -0.2) is 18.5 Å². The Balaban J connectivity index is 2.86. The lowest BCUT2D eigenvalue weighted by Crippen LogP contribution is -2.16. The zero-order valence-corrected chi connectivity index (χ0v) is 11.9. The summed E-state index contributed by atoms with van der Waals surface area (Å²) in [5.74, 6) is 1.74. The van der Waals surface area contributed by atoms with Gasteiger partial charge in [0.1, 0.15) is 23.4 Å². The molecule has 0 aliphatic rings. The molecule has 104 valence electrons. The molecule has 0 aliphatic heterocycles. The summed E-state index contributed by atoms with van der Waals surface area (Å²) in [6.07, 6.45) is 2.83. The van der Waals surface area contributed by atoms with E-state index in [1.165, 1.54) is 0 Å². The van der Waals surface area contributed by atoms with Crippen LogP contribution in [0.2, 0.25) is 0 Å². The quantitative estimate of drug-likeness (QED) is 0.672. The highest BCUT2D eigenvalue weighted by molar-refractivity contribution is 5.75. The molecule has 19 heavy (non-hydrogen) atoms. The predicted octanol–water partition coefficient (Wildman–Crippen LogP) is 3.56. The van der Waals surface area contributed by atoms with Crippen molar-refractivity contribution in [2.75, 3.05) is 6.61 Å². The van der Waals surface area contributed by atoms with Crippen LogP contribution in [0, 0.1) is 0 Å². The van der Waals surface area contributed by atoms with E-state index in [1.54, 1.807) is 6.92 Å².